The minimum absolute atomic E-state index is 0.167. The Labute approximate surface area is 105 Å². The van der Waals surface area contributed by atoms with Gasteiger partial charge in [-0.15, -0.1) is 0 Å². The van der Waals surface area contributed by atoms with Crippen LogP contribution in [0.4, 0.5) is 0 Å². The van der Waals surface area contributed by atoms with Gasteiger partial charge in [-0.05, 0) is 17.7 Å². The minimum atomic E-state index is -0.858. The van der Waals surface area contributed by atoms with Crippen molar-refractivity contribution in [2.45, 2.75) is 6.54 Å². The van der Waals surface area contributed by atoms with Crippen molar-refractivity contribution >= 4 is 6.08 Å². The van der Waals surface area contributed by atoms with E-state index in [0.29, 0.717) is 5.69 Å². The lowest BCUT2D eigenvalue weighted by molar-refractivity contribution is 0.563. The predicted octanol–water partition coefficient (Wildman–Crippen LogP) is -0.950. The van der Waals surface area contributed by atoms with E-state index >= 15 is 0 Å². The Kier molecular flexibility index (Phi) is 3.35. The van der Waals surface area contributed by atoms with Gasteiger partial charge in [-0.25, -0.2) is 28.7 Å². The molecule has 0 aliphatic carbocycles. The molecule has 1 aromatic carbocycles. The van der Waals surface area contributed by atoms with Gasteiger partial charge in [0.05, 0.1) is 12.2 Å². The fourth-order valence-corrected chi connectivity index (χ4v) is 1.54. The molecule has 8 heteroatoms. The Hall–Kier alpha value is -2.99. The molecule has 2 aromatic rings. The number of hydrogen-bond donors (Lipinski definition) is 2. The molecule has 0 aliphatic rings. The van der Waals surface area contributed by atoms with E-state index in [9.17, 15) is 19.2 Å². The number of aromatic amines is 2. The summed E-state index contributed by atoms with van der Waals surface area (Å²) < 4.78 is 0.786. The summed E-state index contributed by atoms with van der Waals surface area (Å²) in [7, 11) is 0. The van der Waals surface area contributed by atoms with Crippen molar-refractivity contribution in [3.05, 3.63) is 61.3 Å². The second-order valence-electron chi connectivity index (χ2n) is 3.60. The van der Waals surface area contributed by atoms with Gasteiger partial charge in [0.25, 0.3) is 0 Å². The molecule has 0 radical (unpaired) electrons. The first-order chi connectivity index (χ1) is 9.11. The highest BCUT2D eigenvalue weighted by molar-refractivity contribution is 5.36. The molecule has 8 nitrogen and oxygen atoms in total. The van der Waals surface area contributed by atoms with E-state index in [1.54, 1.807) is 12.1 Å². The van der Waals surface area contributed by atoms with Crippen molar-refractivity contribution in [1.82, 2.24) is 14.5 Å². The summed E-state index contributed by atoms with van der Waals surface area (Å²) in [6.07, 6.45) is 1.41. The first-order valence-corrected chi connectivity index (χ1v) is 5.20. The molecule has 1 heterocycles. The Morgan fingerprint density at radius 3 is 2.16 bits per heavy atom. The lowest BCUT2D eigenvalue weighted by Crippen LogP contribution is -2.42. The van der Waals surface area contributed by atoms with Crippen LogP contribution in [0.2, 0.25) is 0 Å². The van der Waals surface area contributed by atoms with E-state index in [0.717, 1.165) is 10.1 Å². The third-order valence-corrected chi connectivity index (χ3v) is 2.37. The summed E-state index contributed by atoms with van der Waals surface area (Å²) >= 11 is 0. The first-order valence-electron chi connectivity index (χ1n) is 5.20. The number of H-pyrrole nitrogens is 2. The van der Waals surface area contributed by atoms with Crippen LogP contribution in [-0.2, 0) is 11.3 Å². The summed E-state index contributed by atoms with van der Waals surface area (Å²) in [4.78, 5) is 51.2. The molecule has 0 bridgehead atoms. The number of isocyanates is 1. The average molecular weight is 260 g/mol. The lowest BCUT2D eigenvalue weighted by Gasteiger charge is -2.03. The van der Waals surface area contributed by atoms with E-state index in [1.807, 2.05) is 9.97 Å². The maximum absolute atomic E-state index is 11.5. The normalized spacial score (nSPS) is 9.89. The highest BCUT2D eigenvalue weighted by Crippen LogP contribution is 2.06. The van der Waals surface area contributed by atoms with Crippen molar-refractivity contribution in [2.75, 3.05) is 0 Å². The standard InChI is InChI=1S/C11H8N4O4/c16-6-12-5-7-1-3-8(4-2-7)15-10(18)13-9(17)14-11(15)19/h1-4H,5H2,(H2,13,14,17,18,19). The van der Waals surface area contributed by atoms with E-state index < -0.39 is 17.1 Å². The molecule has 0 amide bonds. The van der Waals surface area contributed by atoms with E-state index in [2.05, 4.69) is 4.99 Å². The van der Waals surface area contributed by atoms with Crippen LogP contribution in [0.25, 0.3) is 5.69 Å². The monoisotopic (exact) mass is 260 g/mol. The number of aromatic nitrogens is 3. The fraction of sp³-hybridized carbons (Fsp3) is 0.0909. The van der Waals surface area contributed by atoms with Crippen molar-refractivity contribution in [3.63, 3.8) is 0 Å². The van der Waals surface area contributed by atoms with E-state index in [-0.39, 0.29) is 6.54 Å². The average Bonchev–Trinajstić information content (AvgIpc) is 2.36. The van der Waals surface area contributed by atoms with Crippen LogP contribution >= 0.6 is 0 Å². The van der Waals surface area contributed by atoms with E-state index in [4.69, 9.17) is 0 Å². The zero-order valence-corrected chi connectivity index (χ0v) is 9.54. The fourth-order valence-electron chi connectivity index (χ4n) is 1.54. The second kappa shape index (κ2) is 5.11. The highest BCUT2D eigenvalue weighted by atomic mass is 16.2. The number of nitrogens with one attached hydrogen (secondary N) is 2. The Morgan fingerprint density at radius 2 is 1.63 bits per heavy atom. The molecule has 0 saturated carbocycles. The van der Waals surface area contributed by atoms with Gasteiger partial charge in [-0.2, -0.15) is 0 Å². The van der Waals surface area contributed by atoms with Gasteiger partial charge in [-0.1, -0.05) is 12.1 Å². The number of rotatable bonds is 3. The molecule has 19 heavy (non-hydrogen) atoms. The zero-order valence-electron chi connectivity index (χ0n) is 9.54. The van der Waals surface area contributed by atoms with Crippen LogP contribution in [-0.4, -0.2) is 20.6 Å². The Balaban J connectivity index is 2.49. The van der Waals surface area contributed by atoms with Gasteiger partial charge in [-0.3, -0.25) is 9.97 Å². The van der Waals surface area contributed by atoms with Crippen LogP contribution < -0.4 is 17.1 Å². The molecule has 0 fully saturated rings. The molecule has 0 spiro atoms. The molecule has 0 unspecified atom stereocenters. The summed E-state index contributed by atoms with van der Waals surface area (Å²) in [5, 5.41) is 0. The van der Waals surface area contributed by atoms with Crippen LogP contribution in [0.3, 0.4) is 0 Å². The smallest absolute Gasteiger partial charge is 0.258 e. The molecule has 2 N–H and O–H groups in total. The molecular weight excluding hydrogens is 252 g/mol. The van der Waals surface area contributed by atoms with Gasteiger partial charge in [0, 0.05) is 0 Å². The zero-order chi connectivity index (χ0) is 13.8. The SMILES string of the molecule is O=C=NCc1ccc(-n2c(=O)[nH]c(=O)[nH]c2=O)cc1. The number of carbonyl (C=O) groups excluding carboxylic acids is 1. The van der Waals surface area contributed by atoms with Crippen LogP contribution in [0, 0.1) is 0 Å². The number of hydrogen-bond acceptors (Lipinski definition) is 5. The van der Waals surface area contributed by atoms with Crippen LogP contribution in [0.1, 0.15) is 5.56 Å². The van der Waals surface area contributed by atoms with Gasteiger partial charge in [0.15, 0.2) is 0 Å². The molecule has 0 atom stereocenters. The Bertz CT molecular complexity index is 772. The first kappa shape index (κ1) is 12.5. The summed E-state index contributed by atoms with van der Waals surface area (Å²) in [6.45, 7) is 0.167. The van der Waals surface area contributed by atoms with Gasteiger partial charge < -0.3 is 0 Å². The van der Waals surface area contributed by atoms with Crippen molar-refractivity contribution in [2.24, 2.45) is 4.99 Å². The van der Waals surface area contributed by atoms with Crippen molar-refractivity contribution in [1.29, 1.82) is 0 Å². The summed E-state index contributed by atoms with van der Waals surface area (Å²) in [5.74, 6) is 0. The number of benzene rings is 1. The number of nitrogens with zero attached hydrogens (tertiary/aromatic N) is 2. The van der Waals surface area contributed by atoms with Gasteiger partial charge >= 0.3 is 17.1 Å². The third-order valence-electron chi connectivity index (χ3n) is 2.37. The molecule has 0 saturated heterocycles. The van der Waals surface area contributed by atoms with Crippen molar-refractivity contribution in [3.8, 4) is 5.69 Å². The van der Waals surface area contributed by atoms with Crippen molar-refractivity contribution < 1.29 is 4.79 Å². The molecule has 1 aromatic heterocycles. The molecule has 0 aliphatic heterocycles. The van der Waals surface area contributed by atoms with E-state index in [1.165, 1.54) is 18.2 Å². The summed E-state index contributed by atoms with van der Waals surface area (Å²) in [5.41, 5.74) is -1.50. The van der Waals surface area contributed by atoms with Crippen LogP contribution in [0.5, 0.6) is 0 Å². The highest BCUT2D eigenvalue weighted by Gasteiger charge is 2.05. The lowest BCUT2D eigenvalue weighted by atomic mass is 10.2. The third kappa shape index (κ3) is 2.64. The Morgan fingerprint density at radius 1 is 1.05 bits per heavy atom. The molecular formula is C11H8N4O4. The number of aliphatic imine (C=N–C) groups is 1. The quantitative estimate of drug-likeness (QED) is 0.546. The van der Waals surface area contributed by atoms with Crippen LogP contribution in [0.15, 0.2) is 43.6 Å². The maximum Gasteiger partial charge on any atom is 0.338 e. The topological polar surface area (TPSA) is 117 Å². The predicted molar refractivity (Wildman–Crippen MR) is 65.1 cm³/mol. The van der Waals surface area contributed by atoms with Gasteiger partial charge in [0.1, 0.15) is 0 Å². The summed E-state index contributed by atoms with van der Waals surface area (Å²) in [6, 6.07) is 6.22. The molecule has 96 valence electrons. The second-order valence-corrected chi connectivity index (χ2v) is 3.60. The minimum Gasteiger partial charge on any atom is -0.258 e. The largest absolute Gasteiger partial charge is 0.338 e. The molecule has 2 rings (SSSR count). The maximum atomic E-state index is 11.5. The van der Waals surface area contributed by atoms with Gasteiger partial charge in [0.2, 0.25) is 6.08 Å².